The third-order valence-corrected chi connectivity index (χ3v) is 3.87. The topological polar surface area (TPSA) is 119 Å². The van der Waals surface area contributed by atoms with Gasteiger partial charge < -0.3 is 16.8 Å². The molecule has 9 heteroatoms. The van der Waals surface area contributed by atoms with Crippen molar-refractivity contribution in [3.05, 3.63) is 52.6 Å². The van der Waals surface area contributed by atoms with Gasteiger partial charge in [-0.25, -0.2) is 0 Å². The van der Waals surface area contributed by atoms with E-state index in [1.165, 1.54) is 0 Å². The predicted octanol–water partition coefficient (Wildman–Crippen LogP) is 1.16. The number of hydrogen-bond donors (Lipinski definition) is 5. The Morgan fingerprint density at radius 1 is 1.22 bits per heavy atom. The highest BCUT2D eigenvalue weighted by molar-refractivity contribution is 5.82. The van der Waals surface area contributed by atoms with Gasteiger partial charge in [0.2, 0.25) is 0 Å². The van der Waals surface area contributed by atoms with Gasteiger partial charge in [-0.3, -0.25) is 10.8 Å². The Morgan fingerprint density at radius 2 is 1.91 bits per heavy atom. The highest BCUT2D eigenvalue weighted by atomic mass is 19.4. The van der Waals surface area contributed by atoms with Crippen LogP contribution in [0.15, 0.2) is 41.5 Å². The molecule has 8 N–H and O–H groups in total. The molecule has 1 unspecified atom stereocenters. The molecule has 2 heterocycles. The average molecular weight is 324 g/mol. The monoisotopic (exact) mass is 324 g/mol. The Kier molecular flexibility index (Phi) is 3.08. The molecule has 0 bridgehead atoms. The molecule has 1 atom stereocenters. The number of benzene rings is 1. The van der Waals surface area contributed by atoms with Crippen molar-refractivity contribution in [3.8, 4) is 0 Å². The second kappa shape index (κ2) is 4.66. The fourth-order valence-electron chi connectivity index (χ4n) is 2.62. The molecule has 3 rings (SSSR count). The van der Waals surface area contributed by atoms with Gasteiger partial charge in [0.15, 0.2) is 5.66 Å². The number of halogens is 3. The lowest BCUT2D eigenvalue weighted by atomic mass is 9.90. The lowest BCUT2D eigenvalue weighted by Crippen LogP contribution is -2.58. The molecular formula is C14H15F3N6. The zero-order valence-corrected chi connectivity index (χ0v) is 12.1. The van der Waals surface area contributed by atoms with Crippen molar-refractivity contribution in [2.45, 2.75) is 18.8 Å². The number of alkyl halides is 3. The predicted molar refractivity (Wildman–Crippen MR) is 79.4 cm³/mol. The Hall–Kier alpha value is -2.68. The number of nitrogens with zero attached hydrogens (tertiary/aromatic N) is 1. The van der Waals surface area contributed by atoms with Crippen LogP contribution < -0.4 is 22.5 Å². The van der Waals surface area contributed by atoms with Gasteiger partial charge in [-0.05, 0) is 36.3 Å². The maximum absolute atomic E-state index is 13.1. The molecule has 0 saturated heterocycles. The molecule has 1 aromatic heterocycles. The lowest BCUT2D eigenvalue weighted by Gasteiger charge is -2.37. The summed E-state index contributed by atoms with van der Waals surface area (Å²) in [7, 11) is 0. The summed E-state index contributed by atoms with van der Waals surface area (Å²) in [5, 5.41) is 9.71. The minimum absolute atomic E-state index is 0.0762. The van der Waals surface area contributed by atoms with Crippen LogP contribution >= 0.6 is 0 Å². The van der Waals surface area contributed by atoms with Crippen molar-refractivity contribution in [2.75, 3.05) is 0 Å². The van der Waals surface area contributed by atoms with Crippen LogP contribution in [-0.4, -0.2) is 16.4 Å². The van der Waals surface area contributed by atoms with E-state index in [1.54, 1.807) is 25.3 Å². The fourth-order valence-corrected chi connectivity index (χ4v) is 2.62. The number of nitrogens with two attached hydrogens (primary N) is 3. The Balaban J connectivity index is 2.18. The van der Waals surface area contributed by atoms with E-state index in [1.807, 2.05) is 0 Å². The number of dihydropyridines is 1. The molecule has 1 aliphatic heterocycles. The smallest absolute Gasteiger partial charge is 0.397 e. The molecule has 122 valence electrons. The van der Waals surface area contributed by atoms with Crippen molar-refractivity contribution < 1.29 is 13.2 Å². The van der Waals surface area contributed by atoms with Crippen LogP contribution in [0.25, 0.3) is 10.9 Å². The number of aromatic amines is 1. The third-order valence-electron chi connectivity index (χ3n) is 3.87. The molecule has 0 radical (unpaired) electrons. The lowest BCUT2D eigenvalue weighted by molar-refractivity contribution is -0.0997. The van der Waals surface area contributed by atoms with E-state index < -0.39 is 17.5 Å². The second-order valence-electron chi connectivity index (χ2n) is 5.49. The van der Waals surface area contributed by atoms with Crippen molar-refractivity contribution >= 4 is 10.9 Å². The van der Waals surface area contributed by atoms with Crippen LogP contribution in [0.1, 0.15) is 11.1 Å². The zero-order valence-electron chi connectivity index (χ0n) is 12.1. The first-order valence-electron chi connectivity index (χ1n) is 6.69. The van der Waals surface area contributed by atoms with Crippen molar-refractivity contribution in [3.63, 3.8) is 0 Å². The minimum Gasteiger partial charge on any atom is -0.397 e. The Bertz CT molecular complexity index is 848. The van der Waals surface area contributed by atoms with E-state index in [-0.39, 0.29) is 11.4 Å². The minimum atomic E-state index is -4.62. The van der Waals surface area contributed by atoms with Gasteiger partial charge in [-0.15, -0.1) is 0 Å². The molecule has 6 nitrogen and oxygen atoms in total. The fraction of sp³-hybridized carbons (Fsp3) is 0.214. The van der Waals surface area contributed by atoms with Gasteiger partial charge >= 0.3 is 6.18 Å². The van der Waals surface area contributed by atoms with Crippen molar-refractivity contribution in [2.24, 2.45) is 17.2 Å². The average Bonchev–Trinajstić information content (AvgIpc) is 2.92. The van der Waals surface area contributed by atoms with Crippen LogP contribution in [0.5, 0.6) is 0 Å². The van der Waals surface area contributed by atoms with E-state index in [2.05, 4.69) is 15.5 Å². The van der Waals surface area contributed by atoms with Gasteiger partial charge in [0.25, 0.3) is 0 Å². The Labute approximate surface area is 129 Å². The normalized spacial score (nSPS) is 22.2. The first-order chi connectivity index (χ1) is 10.6. The molecule has 1 aliphatic rings. The van der Waals surface area contributed by atoms with E-state index in [4.69, 9.17) is 17.2 Å². The second-order valence-corrected chi connectivity index (χ2v) is 5.49. The van der Waals surface area contributed by atoms with E-state index in [0.29, 0.717) is 10.9 Å². The summed E-state index contributed by atoms with van der Waals surface area (Å²) in [6, 6.07) is 3.27. The van der Waals surface area contributed by atoms with Gasteiger partial charge in [0.1, 0.15) is 5.70 Å². The maximum atomic E-state index is 13.1. The summed E-state index contributed by atoms with van der Waals surface area (Å²) in [4.78, 5) is 0. The molecule has 0 saturated carbocycles. The number of fused-ring (bicyclic) bond motifs is 1. The summed E-state index contributed by atoms with van der Waals surface area (Å²) in [5.74, 6) is 0. The zero-order chi connectivity index (χ0) is 17.0. The molecule has 1 aromatic carbocycles. The summed E-state index contributed by atoms with van der Waals surface area (Å²) >= 11 is 0. The number of aromatic nitrogens is 2. The van der Waals surface area contributed by atoms with Gasteiger partial charge in [-0.1, -0.05) is 0 Å². The van der Waals surface area contributed by atoms with E-state index in [9.17, 15) is 13.2 Å². The molecule has 0 fully saturated rings. The molecule has 23 heavy (non-hydrogen) atoms. The number of rotatable bonds is 1. The molecule has 2 aromatic rings. The highest BCUT2D eigenvalue weighted by Crippen LogP contribution is 2.35. The first kappa shape index (κ1) is 15.2. The van der Waals surface area contributed by atoms with Crippen LogP contribution in [-0.2, 0) is 5.66 Å². The SMILES string of the molecule is Cc1cc(C2(N)NC(C(F)(F)F)=CC(N)=C2N)cc2cn[nH]c12. The largest absolute Gasteiger partial charge is 0.431 e. The van der Waals surface area contributed by atoms with E-state index >= 15 is 0 Å². The van der Waals surface area contributed by atoms with Crippen molar-refractivity contribution in [1.82, 2.24) is 15.5 Å². The van der Waals surface area contributed by atoms with Crippen LogP contribution in [0.3, 0.4) is 0 Å². The van der Waals surface area contributed by atoms with Gasteiger partial charge in [0.05, 0.1) is 23.1 Å². The summed E-state index contributed by atoms with van der Waals surface area (Å²) in [6.07, 6.45) is -2.32. The highest BCUT2D eigenvalue weighted by Gasteiger charge is 2.44. The van der Waals surface area contributed by atoms with Gasteiger partial charge in [0, 0.05) is 5.39 Å². The quantitative estimate of drug-likeness (QED) is 0.539. The maximum Gasteiger partial charge on any atom is 0.431 e. The number of allylic oxidation sites excluding steroid dienone is 2. The summed E-state index contributed by atoms with van der Waals surface area (Å²) in [6.45, 7) is 1.79. The number of nitrogens with one attached hydrogen (secondary N) is 2. The molecular weight excluding hydrogens is 309 g/mol. The molecule has 0 spiro atoms. The van der Waals surface area contributed by atoms with Crippen LogP contribution in [0.2, 0.25) is 0 Å². The van der Waals surface area contributed by atoms with E-state index in [0.717, 1.165) is 17.2 Å². The standard InChI is InChI=1S/C14H15F3N6/c1-6-2-8(3-7-5-21-23-11(6)7)13(20)12(19)9(18)4-10(22-13)14(15,16)17/h2-5,22H,18-20H2,1H3,(H,21,23). The van der Waals surface area contributed by atoms with Crippen molar-refractivity contribution in [1.29, 1.82) is 0 Å². The van der Waals surface area contributed by atoms with Crippen LogP contribution in [0.4, 0.5) is 13.2 Å². The third kappa shape index (κ3) is 2.29. The number of aryl methyl sites for hydroxylation is 1. The number of H-pyrrole nitrogens is 1. The molecule has 0 amide bonds. The number of hydrogen-bond acceptors (Lipinski definition) is 5. The summed E-state index contributed by atoms with van der Waals surface area (Å²) in [5.41, 5.74) is 16.5. The van der Waals surface area contributed by atoms with Crippen LogP contribution in [0, 0.1) is 6.92 Å². The first-order valence-corrected chi connectivity index (χ1v) is 6.69. The summed E-state index contributed by atoms with van der Waals surface area (Å²) < 4.78 is 39.2. The molecule has 0 aliphatic carbocycles. The van der Waals surface area contributed by atoms with Gasteiger partial charge in [-0.2, -0.15) is 18.3 Å². The Morgan fingerprint density at radius 3 is 2.57 bits per heavy atom.